The summed E-state index contributed by atoms with van der Waals surface area (Å²) in [6.07, 6.45) is 3.91. The molecule has 0 spiro atoms. The first-order chi connectivity index (χ1) is 9.11. The fourth-order valence-electron chi connectivity index (χ4n) is 2.80. The summed E-state index contributed by atoms with van der Waals surface area (Å²) in [6.45, 7) is 7.37. The molecule has 4 heteroatoms. The lowest BCUT2D eigenvalue weighted by atomic mass is 10.2. The maximum absolute atomic E-state index is 9.49. The van der Waals surface area contributed by atoms with E-state index in [-0.39, 0.29) is 0 Å². The number of aliphatic hydroxyl groups excluding tert-OH is 1. The van der Waals surface area contributed by atoms with E-state index < -0.39 is 6.10 Å². The van der Waals surface area contributed by atoms with Gasteiger partial charge in [0.15, 0.2) is 0 Å². The fourth-order valence-corrected chi connectivity index (χ4v) is 2.80. The molecule has 19 heavy (non-hydrogen) atoms. The SMILES string of the molecule is CCN1CCCC1CN(C)c1ccc([C@H](C)O)cn1. The van der Waals surface area contributed by atoms with Gasteiger partial charge < -0.3 is 10.0 Å². The summed E-state index contributed by atoms with van der Waals surface area (Å²) < 4.78 is 0. The second-order valence-electron chi connectivity index (χ2n) is 5.43. The number of nitrogens with zero attached hydrogens (tertiary/aromatic N) is 3. The Morgan fingerprint density at radius 2 is 2.32 bits per heavy atom. The van der Waals surface area contributed by atoms with Gasteiger partial charge in [-0.1, -0.05) is 13.0 Å². The Hall–Kier alpha value is -1.13. The van der Waals surface area contributed by atoms with E-state index in [1.807, 2.05) is 12.1 Å². The number of aliphatic hydroxyl groups is 1. The average Bonchev–Trinajstić information content (AvgIpc) is 2.86. The molecule has 2 heterocycles. The van der Waals surface area contributed by atoms with E-state index in [9.17, 15) is 5.11 Å². The summed E-state index contributed by atoms with van der Waals surface area (Å²) in [5.74, 6) is 0.979. The van der Waals surface area contributed by atoms with E-state index >= 15 is 0 Å². The number of aromatic nitrogens is 1. The van der Waals surface area contributed by atoms with Crippen molar-refractivity contribution in [1.29, 1.82) is 0 Å². The van der Waals surface area contributed by atoms with Crippen molar-refractivity contribution < 1.29 is 5.11 Å². The van der Waals surface area contributed by atoms with Gasteiger partial charge in [-0.25, -0.2) is 4.98 Å². The van der Waals surface area contributed by atoms with Gasteiger partial charge >= 0.3 is 0 Å². The lowest BCUT2D eigenvalue weighted by molar-refractivity contribution is 0.199. The van der Waals surface area contributed by atoms with Gasteiger partial charge in [0.1, 0.15) is 5.82 Å². The number of pyridine rings is 1. The summed E-state index contributed by atoms with van der Waals surface area (Å²) in [7, 11) is 2.09. The minimum Gasteiger partial charge on any atom is -0.389 e. The van der Waals surface area contributed by atoms with E-state index in [1.54, 1.807) is 13.1 Å². The van der Waals surface area contributed by atoms with Crippen LogP contribution >= 0.6 is 0 Å². The third kappa shape index (κ3) is 3.45. The largest absolute Gasteiger partial charge is 0.389 e. The van der Waals surface area contributed by atoms with Gasteiger partial charge in [0.05, 0.1) is 6.10 Å². The molecular formula is C15H25N3O. The average molecular weight is 263 g/mol. The summed E-state index contributed by atoms with van der Waals surface area (Å²) >= 11 is 0. The Balaban J connectivity index is 1.97. The van der Waals surface area contributed by atoms with Crippen LogP contribution in [0.2, 0.25) is 0 Å². The third-order valence-corrected chi connectivity index (χ3v) is 4.03. The highest BCUT2D eigenvalue weighted by Crippen LogP contribution is 2.20. The molecule has 4 nitrogen and oxygen atoms in total. The zero-order valence-corrected chi connectivity index (χ0v) is 12.2. The highest BCUT2D eigenvalue weighted by Gasteiger charge is 2.24. The van der Waals surface area contributed by atoms with Crippen LogP contribution in [-0.2, 0) is 0 Å². The van der Waals surface area contributed by atoms with E-state index in [2.05, 4.69) is 28.8 Å². The maximum atomic E-state index is 9.49. The monoisotopic (exact) mass is 263 g/mol. The second-order valence-corrected chi connectivity index (χ2v) is 5.43. The smallest absolute Gasteiger partial charge is 0.128 e. The molecule has 1 aromatic rings. The Kier molecular flexibility index (Phi) is 4.77. The van der Waals surface area contributed by atoms with Gasteiger partial charge in [-0.2, -0.15) is 0 Å². The molecule has 1 aliphatic rings. The van der Waals surface area contributed by atoms with Gasteiger partial charge in [-0.15, -0.1) is 0 Å². The fraction of sp³-hybridized carbons (Fsp3) is 0.667. The number of hydrogen-bond acceptors (Lipinski definition) is 4. The molecule has 0 saturated carbocycles. The summed E-state index contributed by atoms with van der Waals surface area (Å²) in [5, 5.41) is 9.49. The molecule has 0 aromatic carbocycles. The predicted molar refractivity (Wildman–Crippen MR) is 78.4 cm³/mol. The highest BCUT2D eigenvalue weighted by molar-refractivity contribution is 5.38. The normalized spacial score (nSPS) is 21.6. The van der Waals surface area contributed by atoms with Crippen LogP contribution in [0.1, 0.15) is 38.4 Å². The quantitative estimate of drug-likeness (QED) is 0.882. The molecule has 1 fully saturated rings. The van der Waals surface area contributed by atoms with Crippen molar-refractivity contribution in [2.24, 2.45) is 0 Å². The van der Waals surface area contributed by atoms with Crippen molar-refractivity contribution in [3.05, 3.63) is 23.9 Å². The van der Waals surface area contributed by atoms with Gasteiger partial charge in [-0.05, 0) is 44.5 Å². The summed E-state index contributed by atoms with van der Waals surface area (Å²) in [6, 6.07) is 4.59. The Morgan fingerprint density at radius 1 is 1.53 bits per heavy atom. The number of rotatable bonds is 5. The molecule has 1 N–H and O–H groups in total. The molecule has 1 saturated heterocycles. The number of likely N-dealkylation sites (N-methyl/N-ethyl adjacent to an activating group) is 2. The first kappa shape index (κ1) is 14.3. The van der Waals surface area contributed by atoms with Crippen LogP contribution in [-0.4, -0.2) is 47.7 Å². The van der Waals surface area contributed by atoms with E-state index in [1.165, 1.54) is 19.4 Å². The van der Waals surface area contributed by atoms with Crippen LogP contribution in [0, 0.1) is 0 Å². The van der Waals surface area contributed by atoms with Gasteiger partial charge in [0, 0.05) is 25.8 Å². The predicted octanol–water partition coefficient (Wildman–Crippen LogP) is 2.06. The maximum Gasteiger partial charge on any atom is 0.128 e. The molecule has 1 aromatic heterocycles. The molecule has 1 aliphatic heterocycles. The molecule has 106 valence electrons. The Morgan fingerprint density at radius 3 is 2.89 bits per heavy atom. The van der Waals surface area contributed by atoms with Crippen molar-refractivity contribution in [2.45, 2.75) is 38.8 Å². The van der Waals surface area contributed by atoms with Crippen LogP contribution < -0.4 is 4.90 Å². The van der Waals surface area contributed by atoms with E-state index in [4.69, 9.17) is 0 Å². The van der Waals surface area contributed by atoms with Crippen molar-refractivity contribution in [3.8, 4) is 0 Å². The van der Waals surface area contributed by atoms with Crippen LogP contribution in [0.25, 0.3) is 0 Å². The molecule has 2 atom stereocenters. The van der Waals surface area contributed by atoms with Crippen LogP contribution in [0.5, 0.6) is 0 Å². The highest BCUT2D eigenvalue weighted by atomic mass is 16.3. The van der Waals surface area contributed by atoms with Crippen LogP contribution in [0.4, 0.5) is 5.82 Å². The molecule has 2 rings (SSSR count). The van der Waals surface area contributed by atoms with Gasteiger partial charge in [0.2, 0.25) is 0 Å². The summed E-state index contributed by atoms with van der Waals surface area (Å²) in [5.41, 5.74) is 0.869. The molecule has 0 bridgehead atoms. The number of anilines is 1. The van der Waals surface area contributed by atoms with Crippen molar-refractivity contribution in [1.82, 2.24) is 9.88 Å². The lowest BCUT2D eigenvalue weighted by Gasteiger charge is -2.28. The van der Waals surface area contributed by atoms with E-state index in [0.29, 0.717) is 6.04 Å². The molecule has 0 aliphatic carbocycles. The van der Waals surface area contributed by atoms with Crippen molar-refractivity contribution in [2.75, 3.05) is 31.6 Å². The van der Waals surface area contributed by atoms with Crippen molar-refractivity contribution >= 4 is 5.82 Å². The lowest BCUT2D eigenvalue weighted by Crippen LogP contribution is -2.39. The zero-order valence-electron chi connectivity index (χ0n) is 12.2. The van der Waals surface area contributed by atoms with Gasteiger partial charge in [-0.3, -0.25) is 4.90 Å². The first-order valence-corrected chi connectivity index (χ1v) is 7.21. The van der Waals surface area contributed by atoms with Crippen molar-refractivity contribution in [3.63, 3.8) is 0 Å². The van der Waals surface area contributed by atoms with E-state index in [0.717, 1.165) is 24.5 Å². The standard InChI is InChI=1S/C15H25N3O/c1-4-18-9-5-6-14(18)11-17(3)15-8-7-13(10-16-15)12(2)19/h7-8,10,12,14,19H,4-6,9,11H2,1-3H3/t12-,14?/m0/s1. The molecule has 1 unspecified atom stereocenters. The second kappa shape index (κ2) is 6.35. The minimum absolute atomic E-state index is 0.447. The molecular weight excluding hydrogens is 238 g/mol. The molecule has 0 amide bonds. The van der Waals surface area contributed by atoms with Gasteiger partial charge in [0.25, 0.3) is 0 Å². The topological polar surface area (TPSA) is 39.6 Å². The van der Waals surface area contributed by atoms with Crippen LogP contribution in [0.3, 0.4) is 0 Å². The zero-order chi connectivity index (χ0) is 13.8. The van der Waals surface area contributed by atoms with Crippen LogP contribution in [0.15, 0.2) is 18.3 Å². The number of likely N-dealkylation sites (tertiary alicyclic amines) is 1. The first-order valence-electron chi connectivity index (χ1n) is 7.21. The Labute approximate surface area is 116 Å². The molecule has 0 radical (unpaired) electrons. The summed E-state index contributed by atoms with van der Waals surface area (Å²) in [4.78, 5) is 9.20. The number of hydrogen-bond donors (Lipinski definition) is 1. The minimum atomic E-state index is -0.447. The third-order valence-electron chi connectivity index (χ3n) is 4.03. The Bertz CT molecular complexity index is 391.